The van der Waals surface area contributed by atoms with E-state index in [2.05, 4.69) is 15.2 Å². The van der Waals surface area contributed by atoms with Crippen LogP contribution >= 0.6 is 11.8 Å². The molecule has 1 atom stereocenters. The summed E-state index contributed by atoms with van der Waals surface area (Å²) in [6, 6.07) is 5.72. The van der Waals surface area contributed by atoms with Crippen LogP contribution in [0.3, 0.4) is 0 Å². The molecule has 2 saturated heterocycles. The molecule has 5 rings (SSSR count). The topological polar surface area (TPSA) is 71.1 Å². The number of carbonyl (C=O) groups is 1. The first-order valence-electron chi connectivity index (χ1n) is 8.79. The smallest absolute Gasteiger partial charge is 0.274 e. The Morgan fingerprint density at radius 2 is 2.28 bits per heavy atom. The summed E-state index contributed by atoms with van der Waals surface area (Å²) in [6.07, 6.45) is 6.00. The summed E-state index contributed by atoms with van der Waals surface area (Å²) in [6.45, 7) is 1.58. The minimum absolute atomic E-state index is 0.0831. The summed E-state index contributed by atoms with van der Waals surface area (Å²) < 4.78 is 6.13. The summed E-state index contributed by atoms with van der Waals surface area (Å²) in [5.74, 6) is 1.72. The molecule has 0 radical (unpaired) electrons. The number of carbonyl (C=O) groups excluding carboxylic acids is 1. The molecule has 4 heterocycles. The van der Waals surface area contributed by atoms with Crippen molar-refractivity contribution in [1.82, 2.24) is 20.1 Å². The number of nitrogens with one attached hydrogen (secondary N) is 1. The number of hydrogen-bond acceptors (Lipinski definition) is 5. The number of aromatic nitrogens is 3. The molecular weight excluding hydrogens is 336 g/mol. The molecule has 2 aromatic rings. The van der Waals surface area contributed by atoms with Crippen molar-refractivity contribution in [3.05, 3.63) is 41.3 Å². The van der Waals surface area contributed by atoms with E-state index in [1.165, 1.54) is 0 Å². The number of pyridine rings is 1. The van der Waals surface area contributed by atoms with Gasteiger partial charge in [-0.05, 0) is 25.3 Å². The van der Waals surface area contributed by atoms with E-state index in [0.29, 0.717) is 11.6 Å². The number of fused-ring (bicyclic) bond motifs is 1. The van der Waals surface area contributed by atoms with Crippen molar-refractivity contribution in [2.75, 3.05) is 18.8 Å². The van der Waals surface area contributed by atoms with Crippen molar-refractivity contribution in [2.24, 2.45) is 0 Å². The van der Waals surface area contributed by atoms with Crippen LogP contribution in [0.1, 0.15) is 34.6 Å². The van der Waals surface area contributed by atoms with Crippen LogP contribution in [0.15, 0.2) is 24.4 Å². The fraction of sp³-hybridized carbons (Fsp3) is 0.500. The van der Waals surface area contributed by atoms with Crippen molar-refractivity contribution >= 4 is 17.7 Å². The number of H-pyrrole nitrogens is 1. The van der Waals surface area contributed by atoms with Crippen LogP contribution < -0.4 is 4.74 Å². The maximum Gasteiger partial charge on any atom is 0.274 e. The SMILES string of the molecule is O=C(c1n[nH]c2c1CCC2)N1CC2(C[C@H](Oc3ccccn3)CS2)C1. The number of aryl methyl sites for hydroxylation is 1. The highest BCUT2D eigenvalue weighted by molar-refractivity contribution is 8.01. The molecule has 1 aliphatic carbocycles. The molecular formula is C18H20N4O2S. The first kappa shape index (κ1) is 15.3. The third kappa shape index (κ3) is 2.61. The molecule has 3 aliphatic rings. The normalized spacial score (nSPS) is 23.5. The predicted octanol–water partition coefficient (Wildman–Crippen LogP) is 2.07. The van der Waals surface area contributed by atoms with Gasteiger partial charge < -0.3 is 9.64 Å². The number of nitrogens with zero attached hydrogens (tertiary/aromatic N) is 3. The molecule has 1 amide bonds. The standard InChI is InChI=1S/C18H20N4O2S/c23-17(16-13-4-3-5-14(13)20-21-16)22-10-18(11-22)8-12(9-25-18)24-15-6-1-2-7-19-15/h1-2,6-7,12H,3-5,8-11H2,(H,20,21)/t12-/m0/s1. The minimum atomic E-state index is 0.0831. The highest BCUT2D eigenvalue weighted by Crippen LogP contribution is 2.46. The van der Waals surface area contributed by atoms with Gasteiger partial charge in [-0.25, -0.2) is 4.98 Å². The molecule has 2 aliphatic heterocycles. The lowest BCUT2D eigenvalue weighted by atomic mass is 9.92. The third-order valence-corrected chi connectivity index (χ3v) is 6.93. The van der Waals surface area contributed by atoms with E-state index in [-0.39, 0.29) is 16.8 Å². The van der Waals surface area contributed by atoms with Crippen LogP contribution in [0, 0.1) is 0 Å². The summed E-state index contributed by atoms with van der Waals surface area (Å²) in [5, 5.41) is 7.31. The number of rotatable bonds is 3. The van der Waals surface area contributed by atoms with Gasteiger partial charge in [-0.2, -0.15) is 5.10 Å². The zero-order valence-electron chi connectivity index (χ0n) is 13.9. The van der Waals surface area contributed by atoms with E-state index in [4.69, 9.17) is 4.74 Å². The molecule has 130 valence electrons. The Morgan fingerprint density at radius 1 is 1.36 bits per heavy atom. The van der Waals surface area contributed by atoms with Crippen LogP contribution in [0.5, 0.6) is 5.88 Å². The van der Waals surface area contributed by atoms with Gasteiger partial charge in [0.25, 0.3) is 5.91 Å². The van der Waals surface area contributed by atoms with Crippen LogP contribution in [-0.2, 0) is 12.8 Å². The van der Waals surface area contributed by atoms with Gasteiger partial charge in [0.15, 0.2) is 5.69 Å². The van der Waals surface area contributed by atoms with E-state index in [0.717, 1.165) is 55.8 Å². The Hall–Kier alpha value is -2.02. The van der Waals surface area contributed by atoms with Crippen LogP contribution in [0.4, 0.5) is 0 Å². The zero-order chi connectivity index (χ0) is 16.9. The second kappa shape index (κ2) is 5.76. The summed E-state index contributed by atoms with van der Waals surface area (Å²) in [4.78, 5) is 18.9. The van der Waals surface area contributed by atoms with Gasteiger partial charge in [-0.3, -0.25) is 9.89 Å². The van der Waals surface area contributed by atoms with Gasteiger partial charge in [0.1, 0.15) is 6.10 Å². The molecule has 6 nitrogen and oxygen atoms in total. The fourth-order valence-corrected chi connectivity index (χ4v) is 5.65. The molecule has 0 unspecified atom stereocenters. The number of amides is 1. The second-order valence-corrected chi connectivity index (χ2v) is 8.64. The number of thioether (sulfide) groups is 1. The van der Waals surface area contributed by atoms with Crippen molar-refractivity contribution in [1.29, 1.82) is 0 Å². The molecule has 1 N–H and O–H groups in total. The van der Waals surface area contributed by atoms with E-state index >= 15 is 0 Å². The summed E-state index contributed by atoms with van der Waals surface area (Å²) >= 11 is 1.93. The molecule has 0 bridgehead atoms. The zero-order valence-corrected chi connectivity index (χ0v) is 14.7. The van der Waals surface area contributed by atoms with Crippen LogP contribution in [-0.4, -0.2) is 55.7 Å². The first-order chi connectivity index (χ1) is 12.2. The van der Waals surface area contributed by atoms with Crippen LogP contribution in [0.2, 0.25) is 0 Å². The van der Waals surface area contributed by atoms with Gasteiger partial charge in [0, 0.05) is 48.8 Å². The van der Waals surface area contributed by atoms with Crippen molar-refractivity contribution in [3.63, 3.8) is 0 Å². The number of hydrogen-bond donors (Lipinski definition) is 1. The molecule has 2 fully saturated rings. The van der Waals surface area contributed by atoms with E-state index in [1.807, 2.05) is 34.9 Å². The van der Waals surface area contributed by atoms with E-state index in [1.54, 1.807) is 6.20 Å². The summed E-state index contributed by atoms with van der Waals surface area (Å²) in [7, 11) is 0. The quantitative estimate of drug-likeness (QED) is 0.912. The van der Waals surface area contributed by atoms with Gasteiger partial charge in [0.05, 0.1) is 4.75 Å². The van der Waals surface area contributed by atoms with Gasteiger partial charge in [-0.15, -0.1) is 11.8 Å². The molecule has 1 spiro atoms. The lowest BCUT2D eigenvalue weighted by Crippen LogP contribution is -2.61. The average Bonchev–Trinajstić information content (AvgIpc) is 3.29. The maximum atomic E-state index is 12.8. The lowest BCUT2D eigenvalue weighted by molar-refractivity contribution is 0.0509. The van der Waals surface area contributed by atoms with Crippen molar-refractivity contribution in [2.45, 2.75) is 36.5 Å². The average molecular weight is 356 g/mol. The Morgan fingerprint density at radius 3 is 3.12 bits per heavy atom. The monoisotopic (exact) mass is 356 g/mol. The number of likely N-dealkylation sites (tertiary alicyclic amines) is 1. The predicted molar refractivity (Wildman–Crippen MR) is 95.0 cm³/mol. The Balaban J connectivity index is 1.21. The van der Waals surface area contributed by atoms with Crippen LogP contribution in [0.25, 0.3) is 0 Å². The van der Waals surface area contributed by atoms with E-state index < -0.39 is 0 Å². The van der Waals surface area contributed by atoms with Crippen molar-refractivity contribution < 1.29 is 9.53 Å². The highest BCUT2D eigenvalue weighted by Gasteiger charge is 2.52. The molecule has 0 aromatic carbocycles. The third-order valence-electron chi connectivity index (χ3n) is 5.35. The Labute approximate surface area is 150 Å². The molecule has 0 saturated carbocycles. The number of ether oxygens (including phenoxy) is 1. The maximum absolute atomic E-state index is 12.8. The Kier molecular flexibility index (Phi) is 3.51. The largest absolute Gasteiger partial charge is 0.473 e. The second-order valence-electron chi connectivity index (χ2n) is 7.15. The molecule has 25 heavy (non-hydrogen) atoms. The molecule has 2 aromatic heterocycles. The summed E-state index contributed by atoms with van der Waals surface area (Å²) in [5.41, 5.74) is 2.94. The Bertz CT molecular complexity index is 801. The van der Waals surface area contributed by atoms with Crippen molar-refractivity contribution in [3.8, 4) is 5.88 Å². The highest BCUT2D eigenvalue weighted by atomic mass is 32.2. The van der Waals surface area contributed by atoms with Gasteiger partial charge in [-0.1, -0.05) is 6.07 Å². The first-order valence-corrected chi connectivity index (χ1v) is 9.78. The minimum Gasteiger partial charge on any atom is -0.473 e. The fourth-order valence-electron chi connectivity index (χ4n) is 4.13. The van der Waals surface area contributed by atoms with Gasteiger partial charge in [0.2, 0.25) is 5.88 Å². The van der Waals surface area contributed by atoms with E-state index in [9.17, 15) is 4.79 Å². The van der Waals surface area contributed by atoms with Gasteiger partial charge >= 0.3 is 0 Å². The molecule has 7 heteroatoms. The lowest BCUT2D eigenvalue weighted by Gasteiger charge is -2.47. The number of aromatic amines is 1.